The third kappa shape index (κ3) is 2.41. The first-order valence-corrected chi connectivity index (χ1v) is 8.78. The fourth-order valence-electron chi connectivity index (χ4n) is 3.55. The molecule has 9 heteroatoms. The number of anilines is 1. The summed E-state index contributed by atoms with van der Waals surface area (Å²) in [6.07, 6.45) is -1.78. The van der Waals surface area contributed by atoms with Crippen molar-refractivity contribution in [1.29, 1.82) is 0 Å². The van der Waals surface area contributed by atoms with Crippen molar-refractivity contribution in [3.8, 4) is 10.6 Å². The van der Waals surface area contributed by atoms with Gasteiger partial charge in [0.2, 0.25) is 0 Å². The minimum Gasteiger partial charge on any atom is -0.423 e. The molecule has 2 atom stereocenters. The Bertz CT molecular complexity index is 921. The maximum absolute atomic E-state index is 13.4. The molecule has 2 unspecified atom stereocenters. The Balaban J connectivity index is 1.67. The molecule has 2 aromatic heterocycles. The normalized spacial score (nSPS) is 23.1. The number of nitrogens with zero attached hydrogens (tertiary/aromatic N) is 3. The Morgan fingerprint density at radius 1 is 1.24 bits per heavy atom. The molecule has 0 amide bonds. The van der Waals surface area contributed by atoms with Crippen molar-refractivity contribution in [2.24, 2.45) is 0 Å². The average Bonchev–Trinajstić information content (AvgIpc) is 3.22. The minimum atomic E-state index is -4.49. The van der Waals surface area contributed by atoms with Gasteiger partial charge in [-0.2, -0.15) is 18.2 Å². The summed E-state index contributed by atoms with van der Waals surface area (Å²) >= 11 is 1.35. The fraction of sp³-hybridized carbons (Fsp3) is 0.375. The summed E-state index contributed by atoms with van der Waals surface area (Å²) in [4.78, 5) is 10.3. The maximum Gasteiger partial charge on any atom is 0.418 e. The second kappa shape index (κ2) is 5.18. The van der Waals surface area contributed by atoms with Crippen LogP contribution in [0.3, 0.4) is 0 Å². The van der Waals surface area contributed by atoms with Gasteiger partial charge in [0, 0.05) is 36.8 Å². The van der Waals surface area contributed by atoms with Crippen molar-refractivity contribution in [2.45, 2.75) is 24.7 Å². The number of benzene rings is 1. The number of oxazole rings is 1. The van der Waals surface area contributed by atoms with Crippen molar-refractivity contribution in [2.75, 3.05) is 18.0 Å². The number of aromatic nitrogens is 2. The number of halogens is 3. The molecular formula is C16H13F3N4OS. The number of rotatable bonds is 2. The number of hydrogen-bond donors (Lipinski definition) is 1. The van der Waals surface area contributed by atoms with E-state index in [4.69, 9.17) is 4.42 Å². The van der Waals surface area contributed by atoms with Crippen molar-refractivity contribution < 1.29 is 17.6 Å². The second-order valence-electron chi connectivity index (χ2n) is 6.37. The highest BCUT2D eigenvalue weighted by Gasteiger charge is 2.39. The minimum absolute atomic E-state index is 0.145. The Labute approximate surface area is 144 Å². The van der Waals surface area contributed by atoms with Crippen LogP contribution in [0.25, 0.3) is 21.7 Å². The van der Waals surface area contributed by atoms with E-state index >= 15 is 0 Å². The number of hydrogen-bond acceptors (Lipinski definition) is 6. The van der Waals surface area contributed by atoms with Gasteiger partial charge >= 0.3 is 6.18 Å². The standard InChI is InChI=1S/C16H13F3N4OS/c17-16(18,19)11-2-1-10(14-20-3-4-25-14)13-12(11)22-15(24-13)23-6-8-5-9(7-23)21-8/h1-4,8-9,21H,5-7H2. The fourth-order valence-corrected chi connectivity index (χ4v) is 4.21. The van der Waals surface area contributed by atoms with E-state index in [0.717, 1.165) is 12.5 Å². The summed E-state index contributed by atoms with van der Waals surface area (Å²) in [6, 6.07) is 3.43. The zero-order chi connectivity index (χ0) is 17.2. The van der Waals surface area contributed by atoms with Crippen molar-refractivity contribution >= 4 is 28.5 Å². The molecule has 25 heavy (non-hydrogen) atoms. The molecule has 1 N–H and O–H groups in total. The number of fused-ring (bicyclic) bond motifs is 3. The van der Waals surface area contributed by atoms with Gasteiger partial charge in [-0.1, -0.05) is 0 Å². The number of thiazole rings is 1. The first kappa shape index (κ1) is 15.2. The summed E-state index contributed by atoms with van der Waals surface area (Å²) in [7, 11) is 0. The van der Waals surface area contributed by atoms with Crippen LogP contribution in [-0.4, -0.2) is 35.1 Å². The van der Waals surface area contributed by atoms with Crippen LogP contribution >= 0.6 is 11.3 Å². The van der Waals surface area contributed by atoms with E-state index in [9.17, 15) is 13.2 Å². The molecule has 0 saturated carbocycles. The quantitative estimate of drug-likeness (QED) is 0.752. The number of alkyl halides is 3. The van der Waals surface area contributed by atoms with Gasteiger partial charge in [-0.3, -0.25) is 0 Å². The third-order valence-corrected chi connectivity index (χ3v) is 5.50. The van der Waals surface area contributed by atoms with Gasteiger partial charge in [-0.25, -0.2) is 4.98 Å². The SMILES string of the molecule is FC(F)(F)c1ccc(-c2nccs2)c2oc(N3CC4CC(C3)N4)nc12. The molecule has 3 aromatic rings. The predicted octanol–water partition coefficient (Wildman–Crippen LogP) is 3.52. The Hall–Kier alpha value is -2.13. The van der Waals surface area contributed by atoms with E-state index in [-0.39, 0.29) is 17.1 Å². The van der Waals surface area contributed by atoms with Crippen molar-refractivity contribution in [3.63, 3.8) is 0 Å². The van der Waals surface area contributed by atoms with Gasteiger partial charge in [0.25, 0.3) is 6.01 Å². The summed E-state index contributed by atoms with van der Waals surface area (Å²) in [5, 5.41) is 5.78. The van der Waals surface area contributed by atoms with E-state index in [1.165, 1.54) is 17.4 Å². The lowest BCUT2D eigenvalue weighted by atomic mass is 9.92. The monoisotopic (exact) mass is 366 g/mol. The summed E-state index contributed by atoms with van der Waals surface area (Å²) in [6.45, 7) is 1.38. The maximum atomic E-state index is 13.4. The first-order chi connectivity index (χ1) is 12.0. The predicted molar refractivity (Wildman–Crippen MR) is 87.7 cm³/mol. The van der Waals surface area contributed by atoms with Gasteiger partial charge in [0.15, 0.2) is 5.58 Å². The lowest BCUT2D eigenvalue weighted by molar-refractivity contribution is -0.136. The van der Waals surface area contributed by atoms with Crippen LogP contribution in [0.4, 0.5) is 19.2 Å². The topological polar surface area (TPSA) is 54.2 Å². The average molecular weight is 366 g/mol. The van der Waals surface area contributed by atoms with Crippen LogP contribution in [0.2, 0.25) is 0 Å². The molecule has 3 fully saturated rings. The Morgan fingerprint density at radius 3 is 2.64 bits per heavy atom. The van der Waals surface area contributed by atoms with Gasteiger partial charge in [0.05, 0.1) is 11.1 Å². The molecule has 3 saturated heterocycles. The lowest BCUT2D eigenvalue weighted by Crippen LogP contribution is -2.67. The molecule has 5 heterocycles. The third-order valence-electron chi connectivity index (χ3n) is 4.69. The Morgan fingerprint density at radius 2 is 2.00 bits per heavy atom. The number of piperidine rings is 1. The lowest BCUT2D eigenvalue weighted by Gasteiger charge is -2.47. The molecule has 0 aliphatic carbocycles. The molecule has 3 aliphatic heterocycles. The number of nitrogens with one attached hydrogen (secondary N) is 1. The van der Waals surface area contributed by atoms with E-state index in [1.54, 1.807) is 11.6 Å². The summed E-state index contributed by atoms with van der Waals surface area (Å²) < 4.78 is 46.0. The molecule has 130 valence electrons. The van der Waals surface area contributed by atoms with E-state index in [2.05, 4.69) is 15.3 Å². The van der Waals surface area contributed by atoms with Crippen LogP contribution in [0, 0.1) is 0 Å². The van der Waals surface area contributed by atoms with Gasteiger partial charge < -0.3 is 14.6 Å². The van der Waals surface area contributed by atoms with E-state index in [1.807, 2.05) is 4.90 Å². The van der Waals surface area contributed by atoms with Gasteiger partial charge in [-0.05, 0) is 18.6 Å². The van der Waals surface area contributed by atoms with Crippen LogP contribution in [0.5, 0.6) is 0 Å². The molecule has 6 rings (SSSR count). The Kier molecular flexibility index (Phi) is 3.14. The zero-order valence-electron chi connectivity index (χ0n) is 12.9. The first-order valence-electron chi connectivity index (χ1n) is 7.90. The molecule has 3 aliphatic rings. The second-order valence-corrected chi connectivity index (χ2v) is 7.27. The van der Waals surface area contributed by atoms with Crippen molar-refractivity contribution in [1.82, 2.24) is 15.3 Å². The van der Waals surface area contributed by atoms with Crippen molar-refractivity contribution in [3.05, 3.63) is 29.3 Å². The summed E-state index contributed by atoms with van der Waals surface area (Å²) in [5.74, 6) is 0. The largest absolute Gasteiger partial charge is 0.423 e. The highest BCUT2D eigenvalue weighted by Crippen LogP contribution is 2.41. The van der Waals surface area contributed by atoms with Crippen LogP contribution in [0.1, 0.15) is 12.0 Å². The highest BCUT2D eigenvalue weighted by atomic mass is 32.1. The summed E-state index contributed by atoms with van der Waals surface area (Å²) in [5.41, 5.74) is -0.246. The van der Waals surface area contributed by atoms with Crippen LogP contribution < -0.4 is 10.2 Å². The van der Waals surface area contributed by atoms with Gasteiger partial charge in [-0.15, -0.1) is 11.3 Å². The molecule has 1 aromatic carbocycles. The zero-order valence-corrected chi connectivity index (χ0v) is 13.7. The van der Waals surface area contributed by atoms with Crippen LogP contribution in [0.15, 0.2) is 28.1 Å². The van der Waals surface area contributed by atoms with Crippen LogP contribution in [-0.2, 0) is 6.18 Å². The van der Waals surface area contributed by atoms with E-state index in [0.29, 0.717) is 35.7 Å². The number of piperazine rings is 1. The molecule has 0 spiro atoms. The molecule has 0 radical (unpaired) electrons. The van der Waals surface area contributed by atoms with Gasteiger partial charge in [0.1, 0.15) is 10.5 Å². The smallest absolute Gasteiger partial charge is 0.418 e. The molecular weight excluding hydrogens is 353 g/mol. The highest BCUT2D eigenvalue weighted by molar-refractivity contribution is 7.13. The van der Waals surface area contributed by atoms with E-state index < -0.39 is 11.7 Å². The molecule has 2 bridgehead atoms. The molecule has 5 nitrogen and oxygen atoms in total.